The van der Waals surface area contributed by atoms with Crippen molar-refractivity contribution in [1.82, 2.24) is 5.32 Å². The third-order valence-corrected chi connectivity index (χ3v) is 3.48. The average Bonchev–Trinajstić information content (AvgIpc) is 2.74. The Kier molecular flexibility index (Phi) is 6.17. The van der Waals surface area contributed by atoms with E-state index in [2.05, 4.69) is 50.5 Å². The summed E-state index contributed by atoms with van der Waals surface area (Å²) in [6, 6.07) is 4.82. The lowest BCUT2D eigenvalue weighted by Gasteiger charge is -2.21. The maximum absolute atomic E-state index is 5.72. The number of ether oxygens (including phenoxy) is 1. The van der Waals surface area contributed by atoms with Gasteiger partial charge < -0.3 is 10.1 Å². The molecular weight excluding hydrogens is 230 g/mol. The van der Waals surface area contributed by atoms with Gasteiger partial charge in [0.2, 0.25) is 0 Å². The molecule has 0 aliphatic heterocycles. The molecule has 0 saturated heterocycles. The van der Waals surface area contributed by atoms with E-state index in [-0.39, 0.29) is 5.60 Å². The number of hydrogen-bond donors (Lipinski definition) is 1. The van der Waals surface area contributed by atoms with E-state index < -0.39 is 0 Å². The second kappa shape index (κ2) is 7.14. The maximum Gasteiger partial charge on any atom is 0.0599 e. The highest BCUT2D eigenvalue weighted by Gasteiger charge is 2.12. The quantitative estimate of drug-likeness (QED) is 0.744. The molecule has 98 valence electrons. The summed E-state index contributed by atoms with van der Waals surface area (Å²) in [5.41, 5.74) is -0.0368. The topological polar surface area (TPSA) is 21.3 Å². The summed E-state index contributed by atoms with van der Waals surface area (Å²) in [4.78, 5) is 1.43. The molecule has 0 radical (unpaired) electrons. The van der Waals surface area contributed by atoms with Crippen molar-refractivity contribution in [3.8, 4) is 0 Å². The Balaban J connectivity index is 2.31. The van der Waals surface area contributed by atoms with E-state index in [1.165, 1.54) is 17.7 Å². The molecule has 1 atom stereocenters. The molecule has 1 unspecified atom stereocenters. The number of thiophene rings is 1. The number of hydrogen-bond acceptors (Lipinski definition) is 3. The molecule has 0 aromatic carbocycles. The normalized spacial score (nSPS) is 13.9. The van der Waals surface area contributed by atoms with Crippen molar-refractivity contribution in [3.63, 3.8) is 0 Å². The zero-order valence-corrected chi connectivity index (χ0v) is 12.3. The van der Waals surface area contributed by atoms with Gasteiger partial charge in [-0.05, 0) is 38.6 Å². The highest BCUT2D eigenvalue weighted by molar-refractivity contribution is 7.10. The van der Waals surface area contributed by atoms with Crippen LogP contribution in [0.3, 0.4) is 0 Å². The summed E-state index contributed by atoms with van der Waals surface area (Å²) >= 11 is 1.83. The molecule has 0 fully saturated rings. The zero-order chi connectivity index (χ0) is 12.7. The summed E-state index contributed by atoms with van der Waals surface area (Å²) in [5, 5.41) is 5.73. The molecule has 1 N–H and O–H groups in total. The van der Waals surface area contributed by atoms with Gasteiger partial charge in [-0.1, -0.05) is 19.4 Å². The Hall–Kier alpha value is -0.380. The molecule has 2 nitrogen and oxygen atoms in total. The molecule has 0 aliphatic carbocycles. The molecule has 17 heavy (non-hydrogen) atoms. The summed E-state index contributed by atoms with van der Waals surface area (Å²) in [7, 11) is 0. The standard InChI is InChI=1S/C14H25NOS/c1-5-7-12(13-8-6-11-17-13)15-9-10-16-14(2,3)4/h6,8,11-12,15H,5,7,9-10H2,1-4H3. The van der Waals surface area contributed by atoms with Crippen LogP contribution in [0, 0.1) is 0 Å². The maximum atomic E-state index is 5.72. The van der Waals surface area contributed by atoms with Crippen LogP contribution in [0.5, 0.6) is 0 Å². The lowest BCUT2D eigenvalue weighted by molar-refractivity contribution is -0.00169. The molecule has 0 saturated carbocycles. The predicted octanol–water partition coefficient (Wildman–Crippen LogP) is 3.99. The van der Waals surface area contributed by atoms with Crippen LogP contribution in [0.4, 0.5) is 0 Å². The average molecular weight is 255 g/mol. The fourth-order valence-corrected chi connectivity index (χ4v) is 2.55. The number of rotatable bonds is 7. The van der Waals surface area contributed by atoms with Crippen LogP contribution < -0.4 is 5.32 Å². The second-order valence-corrected chi connectivity index (χ2v) is 6.25. The Bertz CT molecular complexity index is 290. The number of nitrogens with one attached hydrogen (secondary N) is 1. The van der Waals surface area contributed by atoms with Gasteiger partial charge in [0.25, 0.3) is 0 Å². The minimum atomic E-state index is -0.0368. The van der Waals surface area contributed by atoms with E-state index >= 15 is 0 Å². The molecule has 0 aliphatic rings. The second-order valence-electron chi connectivity index (χ2n) is 5.27. The molecule has 1 aromatic heterocycles. The Morgan fingerprint density at radius 2 is 2.18 bits per heavy atom. The Morgan fingerprint density at radius 1 is 1.41 bits per heavy atom. The minimum absolute atomic E-state index is 0.0368. The fourth-order valence-electron chi connectivity index (χ4n) is 1.71. The van der Waals surface area contributed by atoms with E-state index in [1.54, 1.807) is 0 Å². The smallest absolute Gasteiger partial charge is 0.0599 e. The first-order valence-electron chi connectivity index (χ1n) is 6.43. The van der Waals surface area contributed by atoms with Crippen LogP contribution in [0.25, 0.3) is 0 Å². The third-order valence-electron chi connectivity index (χ3n) is 2.49. The van der Waals surface area contributed by atoms with Crippen LogP contribution in [-0.4, -0.2) is 18.8 Å². The summed E-state index contributed by atoms with van der Waals surface area (Å²) in [6.07, 6.45) is 2.39. The fraction of sp³-hybridized carbons (Fsp3) is 0.714. The van der Waals surface area contributed by atoms with Crippen LogP contribution in [0.1, 0.15) is 51.5 Å². The summed E-state index contributed by atoms with van der Waals surface area (Å²) in [6.45, 7) is 10.2. The van der Waals surface area contributed by atoms with E-state index in [9.17, 15) is 0 Å². The highest BCUT2D eigenvalue weighted by Crippen LogP contribution is 2.22. The van der Waals surface area contributed by atoms with Crippen molar-refractivity contribution in [2.75, 3.05) is 13.2 Å². The van der Waals surface area contributed by atoms with Gasteiger partial charge in [0.1, 0.15) is 0 Å². The molecular formula is C14H25NOS. The first-order valence-corrected chi connectivity index (χ1v) is 7.31. The molecule has 3 heteroatoms. The van der Waals surface area contributed by atoms with Crippen molar-refractivity contribution in [3.05, 3.63) is 22.4 Å². The van der Waals surface area contributed by atoms with Gasteiger partial charge in [0.15, 0.2) is 0 Å². The van der Waals surface area contributed by atoms with Gasteiger partial charge in [-0.3, -0.25) is 0 Å². The van der Waals surface area contributed by atoms with E-state index in [0.29, 0.717) is 6.04 Å². The SMILES string of the molecule is CCCC(NCCOC(C)(C)C)c1cccs1. The van der Waals surface area contributed by atoms with Gasteiger partial charge in [-0.2, -0.15) is 0 Å². The first-order chi connectivity index (χ1) is 8.03. The third kappa shape index (κ3) is 6.20. The lowest BCUT2D eigenvalue weighted by Crippen LogP contribution is -2.29. The lowest BCUT2D eigenvalue weighted by atomic mass is 10.1. The summed E-state index contributed by atoms with van der Waals surface area (Å²) in [5.74, 6) is 0. The van der Waals surface area contributed by atoms with Crippen molar-refractivity contribution in [2.45, 2.75) is 52.2 Å². The minimum Gasteiger partial charge on any atom is -0.375 e. The highest BCUT2D eigenvalue weighted by atomic mass is 32.1. The van der Waals surface area contributed by atoms with Gasteiger partial charge >= 0.3 is 0 Å². The predicted molar refractivity (Wildman–Crippen MR) is 75.7 cm³/mol. The molecule has 1 aromatic rings. The van der Waals surface area contributed by atoms with Crippen molar-refractivity contribution in [1.29, 1.82) is 0 Å². The van der Waals surface area contributed by atoms with Crippen LogP contribution in [0.15, 0.2) is 17.5 Å². The molecule has 0 amide bonds. The van der Waals surface area contributed by atoms with E-state index in [0.717, 1.165) is 13.2 Å². The molecule has 1 heterocycles. The van der Waals surface area contributed by atoms with Gasteiger partial charge in [0, 0.05) is 17.5 Å². The van der Waals surface area contributed by atoms with Gasteiger partial charge in [-0.15, -0.1) is 11.3 Å². The van der Waals surface area contributed by atoms with Crippen molar-refractivity contribution >= 4 is 11.3 Å². The first kappa shape index (κ1) is 14.7. The van der Waals surface area contributed by atoms with Crippen LogP contribution in [-0.2, 0) is 4.74 Å². The molecule has 1 rings (SSSR count). The van der Waals surface area contributed by atoms with Crippen LogP contribution >= 0.6 is 11.3 Å². The summed E-state index contributed by atoms with van der Waals surface area (Å²) < 4.78 is 5.72. The molecule has 0 spiro atoms. The van der Waals surface area contributed by atoms with Crippen LogP contribution in [0.2, 0.25) is 0 Å². The Labute approximate surface area is 109 Å². The Morgan fingerprint density at radius 3 is 2.71 bits per heavy atom. The van der Waals surface area contributed by atoms with Gasteiger partial charge in [-0.25, -0.2) is 0 Å². The molecule has 0 bridgehead atoms. The van der Waals surface area contributed by atoms with E-state index in [4.69, 9.17) is 4.74 Å². The monoisotopic (exact) mass is 255 g/mol. The van der Waals surface area contributed by atoms with Crippen molar-refractivity contribution < 1.29 is 4.74 Å². The van der Waals surface area contributed by atoms with E-state index in [1.807, 2.05) is 11.3 Å². The van der Waals surface area contributed by atoms with Gasteiger partial charge in [0.05, 0.1) is 12.2 Å². The zero-order valence-electron chi connectivity index (χ0n) is 11.5. The van der Waals surface area contributed by atoms with Crippen molar-refractivity contribution in [2.24, 2.45) is 0 Å². The largest absolute Gasteiger partial charge is 0.375 e.